The van der Waals surface area contributed by atoms with Crippen molar-refractivity contribution in [3.05, 3.63) is 29.3 Å². The summed E-state index contributed by atoms with van der Waals surface area (Å²) in [5.74, 6) is 0.669. The van der Waals surface area contributed by atoms with Gasteiger partial charge in [0, 0.05) is 32.2 Å². The van der Waals surface area contributed by atoms with Gasteiger partial charge >= 0.3 is 6.18 Å². The van der Waals surface area contributed by atoms with Gasteiger partial charge in [0.25, 0.3) is 0 Å². The molecule has 2 rings (SSSR count). The van der Waals surface area contributed by atoms with Gasteiger partial charge in [0.15, 0.2) is 0 Å². The van der Waals surface area contributed by atoms with Crippen molar-refractivity contribution in [2.45, 2.75) is 25.6 Å². The van der Waals surface area contributed by atoms with E-state index in [0.29, 0.717) is 18.8 Å². The molecule has 0 radical (unpaired) electrons. The first-order valence-corrected chi connectivity index (χ1v) is 7.07. The zero-order valence-electron chi connectivity index (χ0n) is 12.7. The summed E-state index contributed by atoms with van der Waals surface area (Å²) in [6.45, 7) is 4.55. The first kappa shape index (κ1) is 19.1. The maximum absolute atomic E-state index is 13.0. The lowest BCUT2D eigenvalue weighted by molar-refractivity contribution is -0.148. The standard InChI is InChI=1S/C15H21F3N2O.ClH/c1-11-9-12(21-2)3-4-13(11)14(10-15(16,17)18)20-7-5-19-6-8-20;/h3-4,9,14,19H,5-8,10H2,1-2H3;1H/t14-;/m1./s1. The Hall–Kier alpha value is -0.980. The number of piperazine rings is 1. The van der Waals surface area contributed by atoms with Crippen LogP contribution in [0.2, 0.25) is 0 Å². The fourth-order valence-electron chi connectivity index (χ4n) is 2.80. The molecule has 0 aliphatic carbocycles. The summed E-state index contributed by atoms with van der Waals surface area (Å²) in [5.41, 5.74) is 1.57. The first-order valence-electron chi connectivity index (χ1n) is 7.07. The molecule has 1 aromatic rings. The molecule has 22 heavy (non-hydrogen) atoms. The van der Waals surface area contributed by atoms with E-state index in [2.05, 4.69) is 5.32 Å². The number of rotatable bonds is 4. The molecule has 126 valence electrons. The van der Waals surface area contributed by atoms with Crippen LogP contribution in [0.1, 0.15) is 23.6 Å². The number of methoxy groups -OCH3 is 1. The Bertz CT molecular complexity index is 476. The van der Waals surface area contributed by atoms with E-state index in [9.17, 15) is 13.2 Å². The van der Waals surface area contributed by atoms with E-state index in [-0.39, 0.29) is 12.4 Å². The predicted molar refractivity (Wildman–Crippen MR) is 82.8 cm³/mol. The number of halogens is 4. The number of hydrogen-bond acceptors (Lipinski definition) is 3. The molecule has 1 heterocycles. The quantitative estimate of drug-likeness (QED) is 0.911. The number of aryl methyl sites for hydroxylation is 1. The Morgan fingerprint density at radius 1 is 1.27 bits per heavy atom. The van der Waals surface area contributed by atoms with E-state index in [0.717, 1.165) is 24.2 Å². The molecule has 0 bridgehead atoms. The molecule has 1 saturated heterocycles. The van der Waals surface area contributed by atoms with Crippen LogP contribution in [0.4, 0.5) is 13.2 Å². The molecule has 0 saturated carbocycles. The summed E-state index contributed by atoms with van der Waals surface area (Å²) < 4.78 is 44.0. The first-order chi connectivity index (χ1) is 9.90. The second-order valence-electron chi connectivity index (χ2n) is 5.34. The largest absolute Gasteiger partial charge is 0.497 e. The Morgan fingerprint density at radius 2 is 1.91 bits per heavy atom. The van der Waals surface area contributed by atoms with Crippen LogP contribution in [-0.4, -0.2) is 44.4 Å². The van der Waals surface area contributed by atoms with Crippen molar-refractivity contribution in [2.75, 3.05) is 33.3 Å². The summed E-state index contributed by atoms with van der Waals surface area (Å²) in [4.78, 5) is 1.92. The summed E-state index contributed by atoms with van der Waals surface area (Å²) in [7, 11) is 1.55. The topological polar surface area (TPSA) is 24.5 Å². The molecular formula is C15H22ClF3N2O. The van der Waals surface area contributed by atoms with E-state index in [1.165, 1.54) is 0 Å². The number of nitrogens with zero attached hydrogens (tertiary/aromatic N) is 1. The van der Waals surface area contributed by atoms with Crippen LogP contribution in [0.25, 0.3) is 0 Å². The highest BCUT2D eigenvalue weighted by molar-refractivity contribution is 5.85. The van der Waals surface area contributed by atoms with E-state index < -0.39 is 18.6 Å². The van der Waals surface area contributed by atoms with Gasteiger partial charge in [-0.05, 0) is 30.2 Å². The van der Waals surface area contributed by atoms with Crippen LogP contribution < -0.4 is 10.1 Å². The smallest absolute Gasteiger partial charge is 0.390 e. The number of ether oxygens (including phenoxy) is 1. The molecule has 1 fully saturated rings. The summed E-state index contributed by atoms with van der Waals surface area (Å²) >= 11 is 0. The van der Waals surface area contributed by atoms with Gasteiger partial charge in [-0.2, -0.15) is 13.2 Å². The lowest BCUT2D eigenvalue weighted by Crippen LogP contribution is -2.46. The van der Waals surface area contributed by atoms with Crippen molar-refractivity contribution in [3.8, 4) is 5.75 Å². The fraction of sp³-hybridized carbons (Fsp3) is 0.600. The van der Waals surface area contributed by atoms with Gasteiger partial charge in [-0.3, -0.25) is 4.90 Å². The third-order valence-corrected chi connectivity index (χ3v) is 3.85. The zero-order chi connectivity index (χ0) is 15.5. The summed E-state index contributed by atoms with van der Waals surface area (Å²) in [5, 5.41) is 3.17. The lowest BCUT2D eigenvalue weighted by Gasteiger charge is -2.36. The highest BCUT2D eigenvalue weighted by atomic mass is 35.5. The van der Waals surface area contributed by atoms with Crippen LogP contribution in [0.3, 0.4) is 0 Å². The number of nitrogens with one attached hydrogen (secondary N) is 1. The fourth-order valence-corrected chi connectivity index (χ4v) is 2.80. The van der Waals surface area contributed by atoms with Crippen molar-refractivity contribution < 1.29 is 17.9 Å². The minimum Gasteiger partial charge on any atom is -0.497 e. The monoisotopic (exact) mass is 338 g/mol. The molecule has 1 aromatic carbocycles. The van der Waals surface area contributed by atoms with Crippen molar-refractivity contribution in [2.24, 2.45) is 0 Å². The molecule has 7 heteroatoms. The second-order valence-corrected chi connectivity index (χ2v) is 5.34. The van der Waals surface area contributed by atoms with Gasteiger partial charge in [0.2, 0.25) is 0 Å². The van der Waals surface area contributed by atoms with Gasteiger partial charge in [-0.25, -0.2) is 0 Å². The molecule has 0 amide bonds. The Labute approximate surface area is 135 Å². The van der Waals surface area contributed by atoms with Crippen LogP contribution >= 0.6 is 12.4 Å². The molecule has 0 unspecified atom stereocenters. The van der Waals surface area contributed by atoms with Crippen molar-refractivity contribution in [3.63, 3.8) is 0 Å². The normalized spacial score (nSPS) is 17.7. The molecular weight excluding hydrogens is 317 g/mol. The van der Waals surface area contributed by atoms with Crippen molar-refractivity contribution >= 4 is 12.4 Å². The molecule has 0 spiro atoms. The highest BCUT2D eigenvalue weighted by Gasteiger charge is 2.36. The Balaban J connectivity index is 0.00000242. The molecule has 0 aromatic heterocycles. The van der Waals surface area contributed by atoms with Crippen LogP contribution in [0.15, 0.2) is 18.2 Å². The van der Waals surface area contributed by atoms with E-state index in [1.807, 2.05) is 11.8 Å². The van der Waals surface area contributed by atoms with Gasteiger partial charge < -0.3 is 10.1 Å². The Kier molecular flexibility index (Phi) is 6.97. The van der Waals surface area contributed by atoms with Crippen LogP contribution in [0.5, 0.6) is 5.75 Å². The maximum atomic E-state index is 13.0. The highest BCUT2D eigenvalue weighted by Crippen LogP contribution is 2.36. The minimum absolute atomic E-state index is 0. The van der Waals surface area contributed by atoms with E-state index >= 15 is 0 Å². The summed E-state index contributed by atoms with van der Waals surface area (Å²) in [6, 6.07) is 4.65. The number of alkyl halides is 3. The van der Waals surface area contributed by atoms with Crippen molar-refractivity contribution in [1.82, 2.24) is 10.2 Å². The SMILES string of the molecule is COc1ccc([C@@H](CC(F)(F)F)N2CCNCC2)c(C)c1.Cl. The second kappa shape index (κ2) is 8.04. The van der Waals surface area contributed by atoms with Gasteiger partial charge in [0.1, 0.15) is 5.75 Å². The van der Waals surface area contributed by atoms with Crippen molar-refractivity contribution in [1.29, 1.82) is 0 Å². The van der Waals surface area contributed by atoms with Gasteiger partial charge in [-0.1, -0.05) is 6.07 Å². The average Bonchev–Trinajstić information content (AvgIpc) is 2.45. The van der Waals surface area contributed by atoms with Gasteiger partial charge in [-0.15, -0.1) is 12.4 Å². The molecule has 1 N–H and O–H groups in total. The van der Waals surface area contributed by atoms with Crippen LogP contribution in [-0.2, 0) is 0 Å². The van der Waals surface area contributed by atoms with E-state index in [4.69, 9.17) is 4.74 Å². The molecule has 1 aliphatic rings. The average molecular weight is 339 g/mol. The van der Waals surface area contributed by atoms with E-state index in [1.54, 1.807) is 25.3 Å². The minimum atomic E-state index is -4.18. The zero-order valence-corrected chi connectivity index (χ0v) is 13.6. The molecule has 1 aliphatic heterocycles. The van der Waals surface area contributed by atoms with Crippen LogP contribution in [0, 0.1) is 6.92 Å². The third kappa shape index (κ3) is 5.04. The van der Waals surface area contributed by atoms with Gasteiger partial charge in [0.05, 0.1) is 13.5 Å². The maximum Gasteiger partial charge on any atom is 0.390 e. The Morgan fingerprint density at radius 3 is 2.41 bits per heavy atom. The number of hydrogen-bond donors (Lipinski definition) is 1. The third-order valence-electron chi connectivity index (χ3n) is 3.85. The molecule has 1 atom stereocenters. The lowest BCUT2D eigenvalue weighted by atomic mass is 9.96. The number of benzene rings is 1. The molecule has 3 nitrogen and oxygen atoms in total. The summed E-state index contributed by atoms with van der Waals surface area (Å²) in [6.07, 6.45) is -5.00. The predicted octanol–water partition coefficient (Wildman–Crippen LogP) is 3.32.